The maximum absolute atomic E-state index is 9.34. The molecule has 0 fully saturated rings. The third-order valence-electron chi connectivity index (χ3n) is 1.52. The molecule has 3 nitrogen and oxygen atoms in total. The second kappa shape index (κ2) is 4.40. The van der Waals surface area contributed by atoms with Crippen molar-refractivity contribution in [3.63, 3.8) is 0 Å². The molecule has 0 radical (unpaired) electrons. The summed E-state index contributed by atoms with van der Waals surface area (Å²) < 4.78 is 10.2. The van der Waals surface area contributed by atoms with Crippen molar-refractivity contribution < 1.29 is 14.6 Å². The second-order valence-electron chi connectivity index (χ2n) is 2.43. The van der Waals surface area contributed by atoms with Crippen molar-refractivity contribution in [3.8, 4) is 17.2 Å². The molecule has 0 saturated heterocycles. The minimum Gasteiger partial charge on any atom is -0.504 e. The molecule has 0 bridgehead atoms. The van der Waals surface area contributed by atoms with E-state index in [1.54, 1.807) is 25.3 Å². The first kappa shape index (κ1) is 9.45. The highest BCUT2D eigenvalue weighted by atomic mass is 16.5. The van der Waals surface area contributed by atoms with Crippen LogP contribution in [0.4, 0.5) is 0 Å². The van der Waals surface area contributed by atoms with Crippen LogP contribution in [0, 0.1) is 0 Å². The van der Waals surface area contributed by atoms with E-state index in [0.717, 1.165) is 0 Å². The van der Waals surface area contributed by atoms with Gasteiger partial charge in [0.25, 0.3) is 0 Å². The summed E-state index contributed by atoms with van der Waals surface area (Å²) in [6, 6.07) is 4.81. The summed E-state index contributed by atoms with van der Waals surface area (Å²) in [6.45, 7) is 3.87. The third kappa shape index (κ3) is 2.40. The topological polar surface area (TPSA) is 38.7 Å². The molecular weight excluding hydrogens is 168 g/mol. The Morgan fingerprint density at radius 3 is 2.92 bits per heavy atom. The molecular formula is C10H12O3. The van der Waals surface area contributed by atoms with Gasteiger partial charge in [0, 0.05) is 6.07 Å². The van der Waals surface area contributed by atoms with Gasteiger partial charge in [-0.25, -0.2) is 0 Å². The van der Waals surface area contributed by atoms with Gasteiger partial charge < -0.3 is 14.6 Å². The molecule has 1 aromatic carbocycles. The van der Waals surface area contributed by atoms with Crippen molar-refractivity contribution in [2.45, 2.75) is 0 Å². The Balaban J connectivity index is 2.83. The Morgan fingerprint density at radius 1 is 1.54 bits per heavy atom. The minimum absolute atomic E-state index is 0.0997. The Morgan fingerprint density at radius 2 is 2.31 bits per heavy atom. The standard InChI is InChI=1S/C10H12O3/c1-3-6-13-10-7-8(12-2)4-5-9(10)11/h3-5,7,11H,1,6H2,2H3. The normalized spacial score (nSPS) is 9.31. The number of hydrogen-bond acceptors (Lipinski definition) is 3. The molecule has 0 atom stereocenters. The Bertz CT molecular complexity index is 294. The van der Waals surface area contributed by atoms with Crippen LogP contribution in [-0.4, -0.2) is 18.8 Å². The van der Waals surface area contributed by atoms with Crippen molar-refractivity contribution in [1.82, 2.24) is 0 Å². The molecule has 1 N–H and O–H groups in total. The van der Waals surface area contributed by atoms with Gasteiger partial charge in [-0.15, -0.1) is 0 Å². The lowest BCUT2D eigenvalue weighted by atomic mass is 10.3. The number of phenols is 1. The largest absolute Gasteiger partial charge is 0.504 e. The molecule has 0 aromatic heterocycles. The molecule has 0 unspecified atom stereocenters. The summed E-state index contributed by atoms with van der Waals surface area (Å²) in [5, 5.41) is 9.34. The van der Waals surface area contributed by atoms with Gasteiger partial charge in [-0.1, -0.05) is 12.7 Å². The molecule has 0 saturated carbocycles. The van der Waals surface area contributed by atoms with Gasteiger partial charge in [0.05, 0.1) is 7.11 Å². The molecule has 1 rings (SSSR count). The number of rotatable bonds is 4. The lowest BCUT2D eigenvalue weighted by Crippen LogP contribution is -1.93. The summed E-state index contributed by atoms with van der Waals surface area (Å²) in [7, 11) is 1.56. The van der Waals surface area contributed by atoms with Crippen molar-refractivity contribution in [1.29, 1.82) is 0 Å². The van der Waals surface area contributed by atoms with Gasteiger partial charge >= 0.3 is 0 Å². The van der Waals surface area contributed by atoms with E-state index in [-0.39, 0.29) is 5.75 Å². The molecule has 0 heterocycles. The molecule has 0 amide bonds. The lowest BCUT2D eigenvalue weighted by Gasteiger charge is -2.07. The zero-order valence-electron chi connectivity index (χ0n) is 7.49. The molecule has 0 spiro atoms. The van der Waals surface area contributed by atoms with Crippen molar-refractivity contribution in [3.05, 3.63) is 30.9 Å². The van der Waals surface area contributed by atoms with Crippen molar-refractivity contribution in [2.24, 2.45) is 0 Å². The van der Waals surface area contributed by atoms with Crippen LogP contribution in [0.2, 0.25) is 0 Å². The predicted octanol–water partition coefficient (Wildman–Crippen LogP) is 1.97. The number of benzene rings is 1. The highest BCUT2D eigenvalue weighted by molar-refractivity contribution is 5.44. The van der Waals surface area contributed by atoms with Gasteiger partial charge in [0.2, 0.25) is 0 Å². The van der Waals surface area contributed by atoms with Crippen LogP contribution in [0.3, 0.4) is 0 Å². The summed E-state index contributed by atoms with van der Waals surface area (Å²) in [5.41, 5.74) is 0. The van der Waals surface area contributed by atoms with E-state index in [9.17, 15) is 5.11 Å². The van der Waals surface area contributed by atoms with Crippen molar-refractivity contribution in [2.75, 3.05) is 13.7 Å². The van der Waals surface area contributed by atoms with E-state index in [2.05, 4.69) is 6.58 Å². The summed E-state index contributed by atoms with van der Waals surface area (Å²) in [5.74, 6) is 1.15. The molecule has 0 aliphatic carbocycles. The average molecular weight is 180 g/mol. The molecule has 0 aliphatic heterocycles. The van der Waals surface area contributed by atoms with E-state index in [4.69, 9.17) is 9.47 Å². The average Bonchev–Trinajstić information content (AvgIpc) is 2.17. The zero-order chi connectivity index (χ0) is 9.68. The second-order valence-corrected chi connectivity index (χ2v) is 2.43. The Hall–Kier alpha value is -1.64. The van der Waals surface area contributed by atoms with Crippen LogP contribution >= 0.6 is 0 Å². The van der Waals surface area contributed by atoms with Crippen LogP contribution in [0.15, 0.2) is 30.9 Å². The zero-order valence-corrected chi connectivity index (χ0v) is 7.49. The third-order valence-corrected chi connectivity index (χ3v) is 1.52. The van der Waals surface area contributed by atoms with Crippen LogP contribution in [-0.2, 0) is 0 Å². The number of methoxy groups -OCH3 is 1. The van der Waals surface area contributed by atoms with Gasteiger partial charge in [0.1, 0.15) is 12.4 Å². The minimum atomic E-state index is 0.0997. The predicted molar refractivity (Wildman–Crippen MR) is 50.4 cm³/mol. The molecule has 0 aliphatic rings. The summed E-state index contributed by atoms with van der Waals surface area (Å²) in [6.07, 6.45) is 1.61. The van der Waals surface area contributed by atoms with Gasteiger partial charge in [-0.3, -0.25) is 0 Å². The number of aromatic hydroxyl groups is 1. The van der Waals surface area contributed by atoms with Crippen LogP contribution in [0.1, 0.15) is 0 Å². The SMILES string of the molecule is C=CCOc1cc(OC)ccc1O. The van der Waals surface area contributed by atoms with E-state index in [1.165, 1.54) is 6.07 Å². The number of ether oxygens (including phenoxy) is 2. The molecule has 3 heteroatoms. The summed E-state index contributed by atoms with van der Waals surface area (Å²) in [4.78, 5) is 0. The monoisotopic (exact) mass is 180 g/mol. The Labute approximate surface area is 77.2 Å². The fourth-order valence-electron chi connectivity index (χ4n) is 0.886. The van der Waals surface area contributed by atoms with E-state index in [1.807, 2.05) is 0 Å². The maximum Gasteiger partial charge on any atom is 0.165 e. The van der Waals surface area contributed by atoms with E-state index >= 15 is 0 Å². The fraction of sp³-hybridized carbons (Fsp3) is 0.200. The van der Waals surface area contributed by atoms with E-state index in [0.29, 0.717) is 18.1 Å². The maximum atomic E-state index is 9.34. The molecule has 70 valence electrons. The molecule has 13 heavy (non-hydrogen) atoms. The number of phenolic OH excluding ortho intramolecular Hbond substituents is 1. The highest BCUT2D eigenvalue weighted by Gasteiger charge is 2.02. The van der Waals surface area contributed by atoms with Gasteiger partial charge in [0.15, 0.2) is 11.5 Å². The van der Waals surface area contributed by atoms with E-state index < -0.39 is 0 Å². The smallest absolute Gasteiger partial charge is 0.165 e. The first-order chi connectivity index (χ1) is 6.27. The number of hydrogen-bond donors (Lipinski definition) is 1. The first-order valence-corrected chi connectivity index (χ1v) is 3.88. The quantitative estimate of drug-likeness (QED) is 0.720. The summed E-state index contributed by atoms with van der Waals surface area (Å²) >= 11 is 0. The van der Waals surface area contributed by atoms with Crippen molar-refractivity contribution >= 4 is 0 Å². The van der Waals surface area contributed by atoms with Crippen LogP contribution in [0.25, 0.3) is 0 Å². The fourth-order valence-corrected chi connectivity index (χ4v) is 0.886. The lowest BCUT2D eigenvalue weighted by molar-refractivity contribution is 0.331. The van der Waals surface area contributed by atoms with Gasteiger partial charge in [-0.2, -0.15) is 0 Å². The van der Waals surface area contributed by atoms with Gasteiger partial charge in [-0.05, 0) is 12.1 Å². The molecule has 1 aromatic rings. The first-order valence-electron chi connectivity index (χ1n) is 3.88. The Kier molecular flexibility index (Phi) is 3.20. The van der Waals surface area contributed by atoms with Crippen LogP contribution in [0.5, 0.6) is 17.2 Å². The van der Waals surface area contributed by atoms with Crippen LogP contribution < -0.4 is 9.47 Å². The highest BCUT2D eigenvalue weighted by Crippen LogP contribution is 2.29.